The first kappa shape index (κ1) is 9.44. The lowest BCUT2D eigenvalue weighted by Crippen LogP contribution is -2.36. The molecule has 0 aromatic carbocycles. The SMILES string of the molecule is NCCCC1N[C@H](C(=O)O)CO1. The third-order valence-corrected chi connectivity index (χ3v) is 1.82. The van der Waals surface area contributed by atoms with Gasteiger partial charge in [0, 0.05) is 0 Å². The molecule has 1 unspecified atom stereocenters. The first-order chi connectivity index (χ1) is 5.74. The number of carboxylic acid groups (broad SMARTS) is 1. The molecule has 0 saturated carbocycles. The number of nitrogens with two attached hydrogens (primary N) is 1. The van der Waals surface area contributed by atoms with Gasteiger partial charge in [0.1, 0.15) is 12.3 Å². The molecule has 4 N–H and O–H groups in total. The topological polar surface area (TPSA) is 84.6 Å². The predicted molar refractivity (Wildman–Crippen MR) is 42.6 cm³/mol. The van der Waals surface area contributed by atoms with Gasteiger partial charge < -0.3 is 15.6 Å². The number of ether oxygens (including phenoxy) is 1. The van der Waals surface area contributed by atoms with Crippen molar-refractivity contribution in [3.8, 4) is 0 Å². The third kappa shape index (κ3) is 2.44. The van der Waals surface area contributed by atoms with Crippen molar-refractivity contribution in [1.82, 2.24) is 5.32 Å². The highest BCUT2D eigenvalue weighted by atomic mass is 16.5. The second-order valence-electron chi connectivity index (χ2n) is 2.81. The molecule has 12 heavy (non-hydrogen) atoms. The van der Waals surface area contributed by atoms with Crippen LogP contribution in [0.3, 0.4) is 0 Å². The second kappa shape index (κ2) is 4.39. The molecule has 1 fully saturated rings. The van der Waals surface area contributed by atoms with Gasteiger partial charge in [0.25, 0.3) is 0 Å². The van der Waals surface area contributed by atoms with Crippen molar-refractivity contribution >= 4 is 5.97 Å². The normalized spacial score (nSPS) is 29.1. The Kier molecular flexibility index (Phi) is 3.46. The van der Waals surface area contributed by atoms with Crippen LogP contribution in [-0.4, -0.2) is 36.5 Å². The lowest BCUT2D eigenvalue weighted by molar-refractivity contribution is -0.139. The maximum Gasteiger partial charge on any atom is 0.323 e. The molecule has 0 amide bonds. The maximum absolute atomic E-state index is 10.5. The van der Waals surface area contributed by atoms with Crippen LogP contribution in [0.5, 0.6) is 0 Å². The molecule has 1 heterocycles. The monoisotopic (exact) mass is 174 g/mol. The fraction of sp³-hybridized carbons (Fsp3) is 0.857. The van der Waals surface area contributed by atoms with Crippen molar-refractivity contribution in [3.05, 3.63) is 0 Å². The molecule has 1 saturated heterocycles. The van der Waals surface area contributed by atoms with Crippen molar-refractivity contribution in [3.63, 3.8) is 0 Å². The van der Waals surface area contributed by atoms with Gasteiger partial charge in [-0.25, -0.2) is 0 Å². The molecule has 0 radical (unpaired) electrons. The van der Waals surface area contributed by atoms with Gasteiger partial charge in [-0.1, -0.05) is 0 Å². The van der Waals surface area contributed by atoms with Crippen LogP contribution in [0.15, 0.2) is 0 Å². The third-order valence-electron chi connectivity index (χ3n) is 1.82. The van der Waals surface area contributed by atoms with Crippen LogP contribution in [0.1, 0.15) is 12.8 Å². The fourth-order valence-electron chi connectivity index (χ4n) is 1.15. The summed E-state index contributed by atoms with van der Waals surface area (Å²) in [5.74, 6) is -0.856. The summed E-state index contributed by atoms with van der Waals surface area (Å²) >= 11 is 0. The molecule has 0 aromatic rings. The molecule has 0 aliphatic carbocycles. The average molecular weight is 174 g/mol. The Balaban J connectivity index is 2.21. The Morgan fingerprint density at radius 2 is 2.50 bits per heavy atom. The summed E-state index contributed by atoms with van der Waals surface area (Å²) in [6, 6.07) is -0.548. The smallest absolute Gasteiger partial charge is 0.323 e. The lowest BCUT2D eigenvalue weighted by Gasteiger charge is -2.08. The first-order valence-corrected chi connectivity index (χ1v) is 4.04. The van der Waals surface area contributed by atoms with Crippen molar-refractivity contribution in [2.45, 2.75) is 25.1 Å². The van der Waals surface area contributed by atoms with Gasteiger partial charge in [0.15, 0.2) is 0 Å². The predicted octanol–water partition coefficient (Wildman–Crippen LogP) is -0.876. The van der Waals surface area contributed by atoms with Gasteiger partial charge >= 0.3 is 5.97 Å². The van der Waals surface area contributed by atoms with E-state index in [2.05, 4.69) is 5.32 Å². The summed E-state index contributed by atoms with van der Waals surface area (Å²) in [7, 11) is 0. The van der Waals surface area contributed by atoms with E-state index in [1.807, 2.05) is 0 Å². The molecule has 0 spiro atoms. The van der Waals surface area contributed by atoms with E-state index in [1.54, 1.807) is 0 Å². The van der Waals surface area contributed by atoms with E-state index in [4.69, 9.17) is 15.6 Å². The van der Waals surface area contributed by atoms with Gasteiger partial charge in [0.05, 0.1) is 6.61 Å². The van der Waals surface area contributed by atoms with E-state index in [0.29, 0.717) is 6.54 Å². The highest BCUT2D eigenvalue weighted by molar-refractivity contribution is 5.73. The van der Waals surface area contributed by atoms with Gasteiger partial charge in [-0.05, 0) is 19.4 Å². The van der Waals surface area contributed by atoms with E-state index in [-0.39, 0.29) is 12.8 Å². The number of carbonyl (C=O) groups is 1. The molecule has 1 aliphatic rings. The Bertz CT molecular complexity index is 163. The standard InChI is InChI=1S/C7H14N2O3/c8-3-1-2-6-9-5(4-12-6)7(10)11/h5-6,9H,1-4,8H2,(H,10,11)/t5-,6?/m0/s1. The summed E-state index contributed by atoms with van der Waals surface area (Å²) in [6.07, 6.45) is 1.50. The van der Waals surface area contributed by atoms with E-state index < -0.39 is 12.0 Å². The first-order valence-electron chi connectivity index (χ1n) is 4.04. The number of hydrogen-bond donors (Lipinski definition) is 3. The van der Waals surface area contributed by atoms with E-state index in [9.17, 15) is 4.79 Å². The molecule has 1 aliphatic heterocycles. The molecule has 70 valence electrons. The molecular formula is C7H14N2O3. The Hall–Kier alpha value is -0.650. The van der Waals surface area contributed by atoms with Gasteiger partial charge in [0.2, 0.25) is 0 Å². The zero-order valence-electron chi connectivity index (χ0n) is 6.82. The van der Waals surface area contributed by atoms with Crippen molar-refractivity contribution in [2.75, 3.05) is 13.2 Å². The van der Waals surface area contributed by atoms with Crippen molar-refractivity contribution in [1.29, 1.82) is 0 Å². The minimum absolute atomic E-state index is 0.130. The number of nitrogens with one attached hydrogen (secondary N) is 1. The van der Waals surface area contributed by atoms with Crippen LogP contribution in [0.2, 0.25) is 0 Å². The summed E-state index contributed by atoms with van der Waals surface area (Å²) in [4.78, 5) is 10.5. The number of carboxylic acids is 1. The van der Waals surface area contributed by atoms with Crippen LogP contribution in [0.25, 0.3) is 0 Å². The van der Waals surface area contributed by atoms with Gasteiger partial charge in [-0.2, -0.15) is 0 Å². The van der Waals surface area contributed by atoms with Crippen LogP contribution >= 0.6 is 0 Å². The van der Waals surface area contributed by atoms with Crippen LogP contribution < -0.4 is 11.1 Å². The van der Waals surface area contributed by atoms with E-state index >= 15 is 0 Å². The van der Waals surface area contributed by atoms with Crippen LogP contribution in [0.4, 0.5) is 0 Å². The largest absolute Gasteiger partial charge is 0.480 e. The molecule has 0 bridgehead atoms. The Labute approximate surface area is 70.9 Å². The zero-order chi connectivity index (χ0) is 8.97. The average Bonchev–Trinajstić information content (AvgIpc) is 2.48. The number of rotatable bonds is 4. The van der Waals surface area contributed by atoms with Crippen molar-refractivity contribution < 1.29 is 14.6 Å². The fourth-order valence-corrected chi connectivity index (χ4v) is 1.15. The maximum atomic E-state index is 10.5. The van der Waals surface area contributed by atoms with Crippen LogP contribution in [0, 0.1) is 0 Å². The highest BCUT2D eigenvalue weighted by Gasteiger charge is 2.28. The number of aliphatic carboxylic acids is 1. The second-order valence-corrected chi connectivity index (χ2v) is 2.81. The van der Waals surface area contributed by atoms with Gasteiger partial charge in [-0.15, -0.1) is 0 Å². The quantitative estimate of drug-likeness (QED) is 0.515. The van der Waals surface area contributed by atoms with E-state index in [0.717, 1.165) is 12.8 Å². The van der Waals surface area contributed by atoms with Crippen LogP contribution in [-0.2, 0) is 9.53 Å². The minimum atomic E-state index is -0.856. The minimum Gasteiger partial charge on any atom is -0.480 e. The van der Waals surface area contributed by atoms with E-state index in [1.165, 1.54) is 0 Å². The lowest BCUT2D eigenvalue weighted by atomic mass is 10.2. The zero-order valence-corrected chi connectivity index (χ0v) is 6.82. The molecule has 1 rings (SSSR count). The molecule has 5 heteroatoms. The Morgan fingerprint density at radius 1 is 1.75 bits per heavy atom. The summed E-state index contributed by atoms with van der Waals surface area (Å²) < 4.78 is 5.18. The molecular weight excluding hydrogens is 160 g/mol. The molecule has 2 atom stereocenters. The van der Waals surface area contributed by atoms with Gasteiger partial charge in [-0.3, -0.25) is 10.1 Å². The molecule has 0 aromatic heterocycles. The highest BCUT2D eigenvalue weighted by Crippen LogP contribution is 2.07. The summed E-state index contributed by atoms with van der Waals surface area (Å²) in [5, 5.41) is 11.4. The summed E-state index contributed by atoms with van der Waals surface area (Å²) in [6.45, 7) is 0.865. The van der Waals surface area contributed by atoms with Crippen molar-refractivity contribution in [2.24, 2.45) is 5.73 Å². The Morgan fingerprint density at radius 3 is 3.00 bits per heavy atom. The summed E-state index contributed by atoms with van der Waals surface area (Å²) in [5.41, 5.74) is 5.30. The molecule has 5 nitrogen and oxygen atoms in total. The number of hydrogen-bond acceptors (Lipinski definition) is 4.